The maximum Gasteiger partial charge on any atom is 0.393 e. The summed E-state index contributed by atoms with van der Waals surface area (Å²) in [7, 11) is 0. The van der Waals surface area contributed by atoms with E-state index in [1.54, 1.807) is 24.3 Å². The number of benzene rings is 2. The predicted octanol–water partition coefficient (Wildman–Crippen LogP) is 7.81. The minimum absolute atomic E-state index is 0.343. The molecule has 4 unspecified atom stereocenters. The summed E-state index contributed by atoms with van der Waals surface area (Å²) in [5.41, 5.74) is 2.63. The molecule has 34 heavy (non-hydrogen) atoms. The van der Waals surface area contributed by atoms with Crippen molar-refractivity contribution in [2.24, 2.45) is 11.8 Å². The number of alkyl halides is 6. The van der Waals surface area contributed by atoms with E-state index in [-0.39, 0.29) is 0 Å². The molecule has 1 aliphatic rings. The Labute approximate surface area is 198 Å². The van der Waals surface area contributed by atoms with Crippen LogP contribution >= 0.6 is 0 Å². The first-order valence-electron chi connectivity index (χ1n) is 12.0. The van der Waals surface area contributed by atoms with Crippen molar-refractivity contribution in [1.82, 2.24) is 4.90 Å². The molecule has 1 saturated carbocycles. The average Bonchev–Trinajstić information content (AvgIpc) is 2.73. The van der Waals surface area contributed by atoms with Crippen LogP contribution in [0.3, 0.4) is 0 Å². The first-order chi connectivity index (χ1) is 16.0. The molecule has 3 rings (SSSR count). The van der Waals surface area contributed by atoms with Crippen LogP contribution in [0.5, 0.6) is 0 Å². The van der Waals surface area contributed by atoms with Crippen LogP contribution in [0.25, 0.3) is 0 Å². The van der Waals surface area contributed by atoms with Gasteiger partial charge < -0.3 is 4.90 Å². The molecule has 2 aromatic rings. The second kappa shape index (κ2) is 11.1. The van der Waals surface area contributed by atoms with E-state index in [0.717, 1.165) is 44.3 Å². The molecule has 0 saturated heterocycles. The normalized spacial score (nSPS) is 22.0. The van der Waals surface area contributed by atoms with Crippen molar-refractivity contribution >= 4 is 0 Å². The predicted molar refractivity (Wildman–Crippen MR) is 123 cm³/mol. The van der Waals surface area contributed by atoms with Gasteiger partial charge in [-0.3, -0.25) is 0 Å². The summed E-state index contributed by atoms with van der Waals surface area (Å²) in [6, 6.07) is 17.4. The Kier molecular flexibility index (Phi) is 8.72. The third-order valence-electron chi connectivity index (χ3n) is 7.10. The van der Waals surface area contributed by atoms with E-state index in [4.69, 9.17) is 0 Å². The van der Waals surface area contributed by atoms with E-state index in [9.17, 15) is 26.3 Å². The van der Waals surface area contributed by atoms with E-state index < -0.39 is 36.5 Å². The van der Waals surface area contributed by atoms with Gasteiger partial charge in [0.05, 0.1) is 11.8 Å². The Morgan fingerprint density at radius 3 is 2.00 bits per heavy atom. The molecule has 4 atom stereocenters. The van der Waals surface area contributed by atoms with Crippen LogP contribution in [0.1, 0.15) is 55.7 Å². The number of nitrogens with zero attached hydrogens (tertiary/aromatic N) is 1. The number of hydrogen-bond acceptors (Lipinski definition) is 1. The first-order valence-corrected chi connectivity index (χ1v) is 12.0. The highest BCUT2D eigenvalue weighted by molar-refractivity contribution is 5.29. The smallest absolute Gasteiger partial charge is 0.300 e. The van der Waals surface area contributed by atoms with Crippen LogP contribution in [0.15, 0.2) is 54.6 Å². The topological polar surface area (TPSA) is 3.24 Å². The van der Waals surface area contributed by atoms with Gasteiger partial charge >= 0.3 is 12.4 Å². The van der Waals surface area contributed by atoms with Gasteiger partial charge in [0.2, 0.25) is 0 Å². The van der Waals surface area contributed by atoms with Crippen LogP contribution in [0.2, 0.25) is 0 Å². The number of hydrogen-bond donors (Lipinski definition) is 0. The lowest BCUT2D eigenvalue weighted by atomic mass is 9.61. The van der Waals surface area contributed by atoms with Crippen LogP contribution in [-0.4, -0.2) is 36.4 Å². The number of halogens is 6. The molecule has 7 heteroatoms. The molecule has 1 nitrogen and oxygen atoms in total. The Morgan fingerprint density at radius 1 is 0.824 bits per heavy atom. The Bertz CT molecular complexity index is 875. The maximum atomic E-state index is 13.3. The van der Waals surface area contributed by atoms with Crippen molar-refractivity contribution in [1.29, 1.82) is 0 Å². The van der Waals surface area contributed by atoms with Gasteiger partial charge in [-0.2, -0.15) is 26.3 Å². The molecular formula is C27H33F6N. The van der Waals surface area contributed by atoms with Gasteiger partial charge in [0.25, 0.3) is 0 Å². The number of rotatable bonds is 10. The zero-order chi connectivity index (χ0) is 24.9. The molecule has 0 aromatic heterocycles. The van der Waals surface area contributed by atoms with Crippen molar-refractivity contribution in [2.45, 2.75) is 70.3 Å². The maximum absolute atomic E-state index is 13.3. The lowest BCUT2D eigenvalue weighted by molar-refractivity contribution is -0.292. The standard InChI is InChI=1S/C27H33F6N/c1-3-16-34(17-15-20-7-5-4-6-8-20)19(2)9-10-21-11-13-22(14-12-21)23-18-24(26(28,29)30)25(23)27(31,32)33/h4-8,11-14,19,23-25H,3,9-10,15-18H2,1-2H3. The quantitative estimate of drug-likeness (QED) is 0.310. The zero-order valence-electron chi connectivity index (χ0n) is 19.7. The molecule has 0 aliphatic heterocycles. The minimum atomic E-state index is -4.86. The van der Waals surface area contributed by atoms with E-state index in [1.807, 2.05) is 18.2 Å². The summed E-state index contributed by atoms with van der Waals surface area (Å²) in [5.74, 6) is -5.79. The molecule has 0 N–H and O–H groups in total. The van der Waals surface area contributed by atoms with Gasteiger partial charge in [0.15, 0.2) is 0 Å². The summed E-state index contributed by atoms with van der Waals surface area (Å²) in [5, 5.41) is 0. The fourth-order valence-electron chi connectivity index (χ4n) is 5.04. The van der Waals surface area contributed by atoms with E-state index in [0.29, 0.717) is 11.6 Å². The van der Waals surface area contributed by atoms with Crippen LogP contribution in [0.4, 0.5) is 26.3 Å². The lowest BCUT2D eigenvalue weighted by Gasteiger charge is -2.46. The molecule has 0 radical (unpaired) electrons. The average molecular weight is 486 g/mol. The highest BCUT2D eigenvalue weighted by Crippen LogP contribution is 2.59. The second-order valence-corrected chi connectivity index (χ2v) is 9.46. The van der Waals surface area contributed by atoms with Gasteiger partial charge in [-0.25, -0.2) is 0 Å². The summed E-state index contributed by atoms with van der Waals surface area (Å²) in [6.07, 6.45) is -6.49. The highest BCUT2D eigenvalue weighted by Gasteiger charge is 2.64. The molecule has 2 aromatic carbocycles. The van der Waals surface area contributed by atoms with Gasteiger partial charge in [-0.05, 0) is 68.2 Å². The third kappa shape index (κ3) is 6.77. The van der Waals surface area contributed by atoms with Crippen LogP contribution in [0, 0.1) is 11.8 Å². The molecule has 0 heterocycles. The highest BCUT2D eigenvalue weighted by atomic mass is 19.4. The summed E-state index contributed by atoms with van der Waals surface area (Å²) < 4.78 is 78.9. The van der Waals surface area contributed by atoms with E-state index in [1.165, 1.54) is 5.56 Å². The van der Waals surface area contributed by atoms with Gasteiger partial charge in [-0.15, -0.1) is 0 Å². The van der Waals surface area contributed by atoms with Crippen molar-refractivity contribution in [3.05, 3.63) is 71.3 Å². The first kappa shape index (κ1) is 26.6. The monoisotopic (exact) mass is 485 g/mol. The molecule has 0 bridgehead atoms. The molecule has 1 aliphatic carbocycles. The Hall–Kier alpha value is -2.02. The van der Waals surface area contributed by atoms with Crippen molar-refractivity contribution in [3.63, 3.8) is 0 Å². The van der Waals surface area contributed by atoms with E-state index in [2.05, 4.69) is 30.9 Å². The van der Waals surface area contributed by atoms with Crippen LogP contribution in [-0.2, 0) is 12.8 Å². The van der Waals surface area contributed by atoms with Crippen molar-refractivity contribution < 1.29 is 26.3 Å². The Morgan fingerprint density at radius 2 is 1.44 bits per heavy atom. The summed E-state index contributed by atoms with van der Waals surface area (Å²) in [6.45, 7) is 6.29. The van der Waals surface area contributed by atoms with Gasteiger partial charge in [-0.1, -0.05) is 61.5 Å². The summed E-state index contributed by atoms with van der Waals surface area (Å²) >= 11 is 0. The van der Waals surface area contributed by atoms with Gasteiger partial charge in [0, 0.05) is 12.6 Å². The van der Waals surface area contributed by atoms with E-state index >= 15 is 0 Å². The fraction of sp³-hybridized carbons (Fsp3) is 0.556. The molecule has 188 valence electrons. The minimum Gasteiger partial charge on any atom is -0.300 e. The second-order valence-electron chi connectivity index (χ2n) is 9.46. The molecule has 0 amide bonds. The fourth-order valence-corrected chi connectivity index (χ4v) is 5.04. The molecular weight excluding hydrogens is 452 g/mol. The zero-order valence-corrected chi connectivity index (χ0v) is 19.7. The van der Waals surface area contributed by atoms with Gasteiger partial charge in [0.1, 0.15) is 0 Å². The van der Waals surface area contributed by atoms with Crippen molar-refractivity contribution in [2.75, 3.05) is 13.1 Å². The van der Waals surface area contributed by atoms with Crippen LogP contribution < -0.4 is 0 Å². The number of aryl methyl sites for hydroxylation is 1. The molecule has 0 spiro atoms. The third-order valence-corrected chi connectivity index (χ3v) is 7.10. The Balaban J connectivity index is 1.56. The lowest BCUT2D eigenvalue weighted by Crippen LogP contribution is -2.51. The SMILES string of the molecule is CCCN(CCc1ccccc1)C(C)CCc1ccc(C2CC(C(F)(F)F)C2C(F)(F)F)cc1. The largest absolute Gasteiger partial charge is 0.393 e. The van der Waals surface area contributed by atoms with Crippen molar-refractivity contribution in [3.8, 4) is 0 Å². The molecule has 1 fully saturated rings. The summed E-state index contributed by atoms with van der Waals surface area (Å²) in [4.78, 5) is 2.46.